The molecule has 0 spiro atoms. The summed E-state index contributed by atoms with van der Waals surface area (Å²) < 4.78 is 36.7. The van der Waals surface area contributed by atoms with Gasteiger partial charge in [0.25, 0.3) is 12.4 Å². The van der Waals surface area contributed by atoms with Crippen molar-refractivity contribution in [2.45, 2.75) is 6.43 Å². The lowest BCUT2D eigenvalue weighted by molar-refractivity contribution is 0.0681. The molecule has 0 atom stereocenters. The van der Waals surface area contributed by atoms with Crippen molar-refractivity contribution in [3.05, 3.63) is 23.3 Å². The third-order valence-electron chi connectivity index (χ3n) is 1.42. The first-order chi connectivity index (χ1) is 6.43. The molecule has 14 heavy (non-hydrogen) atoms. The Morgan fingerprint density at radius 3 is 2.50 bits per heavy atom. The molecule has 0 aliphatic heterocycles. The van der Waals surface area contributed by atoms with Gasteiger partial charge >= 0.3 is 5.97 Å². The highest BCUT2D eigenvalue weighted by atomic mass is 19.3. The summed E-state index contributed by atoms with van der Waals surface area (Å²) in [5.74, 6) is -4.31. The molecule has 76 valence electrons. The molecule has 0 fully saturated rings. The number of hydrogen-bond acceptors (Lipinski definition) is 3. The molecule has 1 heterocycles. The fraction of sp³-hybridized carbons (Fsp3) is 0.143. The van der Waals surface area contributed by atoms with E-state index in [4.69, 9.17) is 10.2 Å². The van der Waals surface area contributed by atoms with Crippen LogP contribution in [0.15, 0.2) is 6.07 Å². The molecule has 0 unspecified atom stereocenters. The monoisotopic (exact) mass is 207 g/mol. The van der Waals surface area contributed by atoms with Crippen molar-refractivity contribution < 1.29 is 28.2 Å². The quantitative estimate of drug-likeness (QED) is 0.722. The lowest BCUT2D eigenvalue weighted by Gasteiger charge is -2.04. The van der Waals surface area contributed by atoms with Gasteiger partial charge in [0.2, 0.25) is 0 Å². The standard InChI is InChI=1S/C7H4F3NO3/c8-5(9)4-2(7(13)14)1-3(12)6(10)11-4/h1,5,12H,(H,13,14). The summed E-state index contributed by atoms with van der Waals surface area (Å²) in [4.78, 5) is 13.0. The van der Waals surface area contributed by atoms with Gasteiger partial charge in [-0.25, -0.2) is 18.6 Å². The second kappa shape index (κ2) is 3.52. The fourth-order valence-corrected chi connectivity index (χ4v) is 0.831. The predicted molar refractivity (Wildman–Crippen MR) is 37.8 cm³/mol. The van der Waals surface area contributed by atoms with E-state index in [1.165, 1.54) is 0 Å². The van der Waals surface area contributed by atoms with Crippen LogP contribution < -0.4 is 0 Å². The number of pyridine rings is 1. The van der Waals surface area contributed by atoms with Crippen LogP contribution in [0, 0.1) is 5.95 Å². The van der Waals surface area contributed by atoms with Crippen LogP contribution in [-0.2, 0) is 0 Å². The molecule has 7 heteroatoms. The molecule has 0 aliphatic carbocycles. The third-order valence-corrected chi connectivity index (χ3v) is 1.42. The molecule has 2 N–H and O–H groups in total. The number of rotatable bonds is 2. The molecular weight excluding hydrogens is 203 g/mol. The molecule has 1 aromatic rings. The van der Waals surface area contributed by atoms with Crippen molar-refractivity contribution in [1.29, 1.82) is 0 Å². The Bertz CT molecular complexity index is 381. The summed E-state index contributed by atoms with van der Waals surface area (Å²) in [7, 11) is 0. The highest BCUT2D eigenvalue weighted by Gasteiger charge is 2.22. The van der Waals surface area contributed by atoms with Crippen LogP contribution in [0.3, 0.4) is 0 Å². The fourth-order valence-electron chi connectivity index (χ4n) is 0.831. The smallest absolute Gasteiger partial charge is 0.337 e. The van der Waals surface area contributed by atoms with E-state index < -0.39 is 35.3 Å². The van der Waals surface area contributed by atoms with Gasteiger partial charge in [0, 0.05) is 6.07 Å². The lowest BCUT2D eigenvalue weighted by Crippen LogP contribution is -2.06. The molecule has 0 aromatic carbocycles. The number of carbonyl (C=O) groups is 1. The maximum Gasteiger partial charge on any atom is 0.337 e. The van der Waals surface area contributed by atoms with Gasteiger partial charge in [0.05, 0.1) is 5.56 Å². The summed E-state index contributed by atoms with van der Waals surface area (Å²) in [6.45, 7) is 0. The van der Waals surface area contributed by atoms with E-state index in [2.05, 4.69) is 4.98 Å². The molecule has 0 bridgehead atoms. The van der Waals surface area contributed by atoms with Crippen molar-refractivity contribution in [3.63, 3.8) is 0 Å². The van der Waals surface area contributed by atoms with E-state index in [0.717, 1.165) is 0 Å². The normalized spacial score (nSPS) is 10.6. The van der Waals surface area contributed by atoms with Crippen LogP contribution in [0.4, 0.5) is 13.2 Å². The van der Waals surface area contributed by atoms with Crippen molar-refractivity contribution in [2.24, 2.45) is 0 Å². The number of aromatic hydroxyl groups is 1. The van der Waals surface area contributed by atoms with Crippen LogP contribution in [-0.4, -0.2) is 21.2 Å². The second-order valence-electron chi connectivity index (χ2n) is 2.34. The van der Waals surface area contributed by atoms with Crippen molar-refractivity contribution in [3.8, 4) is 5.75 Å². The van der Waals surface area contributed by atoms with Crippen molar-refractivity contribution in [2.75, 3.05) is 0 Å². The van der Waals surface area contributed by atoms with Gasteiger partial charge in [-0.15, -0.1) is 0 Å². The van der Waals surface area contributed by atoms with Crippen molar-refractivity contribution in [1.82, 2.24) is 4.98 Å². The molecule has 0 saturated carbocycles. The van der Waals surface area contributed by atoms with Crippen LogP contribution in [0.5, 0.6) is 5.75 Å². The van der Waals surface area contributed by atoms with Crippen LogP contribution in [0.1, 0.15) is 22.5 Å². The maximum atomic E-state index is 12.5. The highest BCUT2D eigenvalue weighted by Crippen LogP contribution is 2.25. The number of aromatic carboxylic acids is 1. The van der Waals surface area contributed by atoms with E-state index in [0.29, 0.717) is 6.07 Å². The number of nitrogens with zero attached hydrogens (tertiary/aromatic N) is 1. The van der Waals surface area contributed by atoms with Crippen LogP contribution in [0.2, 0.25) is 0 Å². The van der Waals surface area contributed by atoms with Gasteiger partial charge in [-0.3, -0.25) is 0 Å². The minimum atomic E-state index is -3.21. The van der Waals surface area contributed by atoms with E-state index in [9.17, 15) is 18.0 Å². The Morgan fingerprint density at radius 2 is 2.07 bits per heavy atom. The van der Waals surface area contributed by atoms with Crippen LogP contribution >= 0.6 is 0 Å². The van der Waals surface area contributed by atoms with E-state index >= 15 is 0 Å². The van der Waals surface area contributed by atoms with Gasteiger partial charge in [-0.05, 0) is 0 Å². The minimum Gasteiger partial charge on any atom is -0.504 e. The molecule has 1 aromatic heterocycles. The van der Waals surface area contributed by atoms with E-state index in [1.807, 2.05) is 0 Å². The number of carboxylic acid groups (broad SMARTS) is 1. The Hall–Kier alpha value is -1.79. The Balaban J connectivity index is 3.39. The zero-order valence-electron chi connectivity index (χ0n) is 6.54. The van der Waals surface area contributed by atoms with Gasteiger partial charge < -0.3 is 10.2 Å². The number of aromatic nitrogens is 1. The highest BCUT2D eigenvalue weighted by molar-refractivity contribution is 5.89. The van der Waals surface area contributed by atoms with Gasteiger partial charge in [0.15, 0.2) is 5.75 Å². The number of hydrogen-bond donors (Lipinski definition) is 2. The maximum absolute atomic E-state index is 12.5. The molecule has 4 nitrogen and oxygen atoms in total. The Kier molecular flexibility index (Phi) is 2.59. The molecular formula is C7H4F3NO3. The summed E-state index contributed by atoms with van der Waals surface area (Å²) in [5.41, 5.74) is -2.12. The third kappa shape index (κ3) is 1.76. The summed E-state index contributed by atoms with van der Waals surface area (Å²) >= 11 is 0. The zero-order chi connectivity index (χ0) is 10.9. The topological polar surface area (TPSA) is 70.4 Å². The molecule has 0 radical (unpaired) electrons. The van der Waals surface area contributed by atoms with Gasteiger partial charge in [-0.1, -0.05) is 0 Å². The molecule has 1 rings (SSSR count). The van der Waals surface area contributed by atoms with Crippen molar-refractivity contribution >= 4 is 5.97 Å². The Morgan fingerprint density at radius 1 is 1.50 bits per heavy atom. The van der Waals surface area contributed by atoms with Gasteiger partial charge in [-0.2, -0.15) is 4.39 Å². The lowest BCUT2D eigenvalue weighted by atomic mass is 10.2. The SMILES string of the molecule is O=C(O)c1cc(O)c(F)nc1C(F)F. The summed E-state index contributed by atoms with van der Waals surface area (Å²) in [6.07, 6.45) is -3.21. The first-order valence-corrected chi connectivity index (χ1v) is 3.34. The van der Waals surface area contributed by atoms with E-state index in [-0.39, 0.29) is 0 Å². The average molecular weight is 207 g/mol. The predicted octanol–water partition coefficient (Wildman–Crippen LogP) is 1.56. The zero-order valence-corrected chi connectivity index (χ0v) is 6.54. The Labute approximate surface area is 75.6 Å². The summed E-state index contributed by atoms with van der Waals surface area (Å²) in [5, 5.41) is 17.1. The summed E-state index contributed by atoms with van der Waals surface area (Å²) in [6, 6.07) is 0.395. The average Bonchev–Trinajstić information content (AvgIpc) is 2.08. The second-order valence-corrected chi connectivity index (χ2v) is 2.34. The number of carboxylic acids is 1. The van der Waals surface area contributed by atoms with Crippen LogP contribution in [0.25, 0.3) is 0 Å². The minimum absolute atomic E-state index is 0.395. The molecule has 0 amide bonds. The largest absolute Gasteiger partial charge is 0.504 e. The van der Waals surface area contributed by atoms with Gasteiger partial charge in [0.1, 0.15) is 5.69 Å². The molecule has 0 saturated heterocycles. The molecule has 0 aliphatic rings. The number of halogens is 3. The first-order valence-electron chi connectivity index (χ1n) is 3.34. The van der Waals surface area contributed by atoms with E-state index in [1.54, 1.807) is 0 Å². The first kappa shape index (κ1) is 10.3. The number of alkyl halides is 2.